The van der Waals surface area contributed by atoms with Crippen LogP contribution in [-0.4, -0.2) is 18.1 Å². The molecule has 0 spiro atoms. The number of hydrogen-bond donors (Lipinski definition) is 1. The van der Waals surface area contributed by atoms with E-state index in [9.17, 15) is 18.0 Å². The highest BCUT2D eigenvalue weighted by Gasteiger charge is 2.47. The summed E-state index contributed by atoms with van der Waals surface area (Å²) in [6, 6.07) is 4.27. The summed E-state index contributed by atoms with van der Waals surface area (Å²) in [7, 11) is 0. The lowest BCUT2D eigenvalue weighted by Gasteiger charge is -2.10. The average molecular weight is 245 g/mol. The molecule has 0 aromatic heterocycles. The van der Waals surface area contributed by atoms with E-state index in [0.29, 0.717) is 12.3 Å². The lowest BCUT2D eigenvalue weighted by molar-refractivity contribution is -0.137. The third-order valence-electron chi connectivity index (χ3n) is 2.53. The van der Waals surface area contributed by atoms with E-state index in [4.69, 9.17) is 4.74 Å². The van der Waals surface area contributed by atoms with Gasteiger partial charge in [-0.25, -0.2) is 0 Å². The summed E-state index contributed by atoms with van der Waals surface area (Å²) in [5.41, 5.74) is -1.26. The molecule has 17 heavy (non-hydrogen) atoms. The van der Waals surface area contributed by atoms with Crippen LogP contribution in [0.3, 0.4) is 0 Å². The number of halogens is 3. The van der Waals surface area contributed by atoms with E-state index in [1.807, 2.05) is 0 Å². The van der Waals surface area contributed by atoms with Gasteiger partial charge >= 0.3 is 6.18 Å². The zero-order valence-electron chi connectivity index (χ0n) is 8.97. The van der Waals surface area contributed by atoms with Crippen LogP contribution in [0.25, 0.3) is 0 Å². The van der Waals surface area contributed by atoms with Crippen molar-refractivity contribution >= 4 is 11.6 Å². The number of benzene rings is 1. The van der Waals surface area contributed by atoms with Crippen LogP contribution in [0.4, 0.5) is 18.9 Å². The number of alkyl halides is 3. The van der Waals surface area contributed by atoms with Crippen molar-refractivity contribution in [3.63, 3.8) is 0 Å². The Hall–Kier alpha value is -1.56. The number of rotatable bonds is 2. The Bertz CT molecular complexity index is 435. The number of amides is 1. The predicted molar refractivity (Wildman–Crippen MR) is 54.4 cm³/mol. The number of carbonyl (C=O) groups excluding carboxylic acids is 1. The molecule has 1 saturated heterocycles. The van der Waals surface area contributed by atoms with E-state index in [0.717, 1.165) is 12.1 Å². The van der Waals surface area contributed by atoms with Crippen molar-refractivity contribution in [2.24, 2.45) is 0 Å². The highest BCUT2D eigenvalue weighted by molar-refractivity contribution is 5.98. The molecule has 1 heterocycles. The summed E-state index contributed by atoms with van der Waals surface area (Å²) in [4.78, 5) is 11.5. The molecule has 92 valence electrons. The van der Waals surface area contributed by atoms with E-state index in [1.165, 1.54) is 12.1 Å². The first-order valence-electron chi connectivity index (χ1n) is 4.94. The SMILES string of the molecule is C[C@@]1(C(=O)Nc2ccc(C(F)(F)F)cc2)CO1. The van der Waals surface area contributed by atoms with Crippen molar-refractivity contribution in [3.05, 3.63) is 29.8 Å². The largest absolute Gasteiger partial charge is 0.416 e. The molecule has 1 aliphatic rings. The van der Waals surface area contributed by atoms with E-state index < -0.39 is 17.3 Å². The van der Waals surface area contributed by atoms with Crippen LogP contribution in [-0.2, 0) is 15.7 Å². The maximum Gasteiger partial charge on any atom is 0.416 e. The van der Waals surface area contributed by atoms with Crippen molar-refractivity contribution in [2.75, 3.05) is 11.9 Å². The fourth-order valence-electron chi connectivity index (χ4n) is 1.25. The van der Waals surface area contributed by atoms with Gasteiger partial charge in [-0.1, -0.05) is 0 Å². The predicted octanol–water partition coefficient (Wildman–Crippen LogP) is 2.43. The van der Waals surface area contributed by atoms with Gasteiger partial charge in [0.15, 0.2) is 5.60 Å². The van der Waals surface area contributed by atoms with Crippen molar-refractivity contribution in [2.45, 2.75) is 18.7 Å². The first kappa shape index (κ1) is 11.9. The lowest BCUT2D eigenvalue weighted by Crippen LogP contribution is -2.28. The third-order valence-corrected chi connectivity index (χ3v) is 2.53. The van der Waals surface area contributed by atoms with Crippen LogP contribution < -0.4 is 5.32 Å². The molecule has 0 unspecified atom stereocenters. The second-order valence-electron chi connectivity index (χ2n) is 4.05. The molecular weight excluding hydrogens is 235 g/mol. The molecule has 6 heteroatoms. The maximum absolute atomic E-state index is 12.3. The zero-order chi connectivity index (χ0) is 12.7. The van der Waals surface area contributed by atoms with Gasteiger partial charge in [0, 0.05) is 5.69 Å². The van der Waals surface area contributed by atoms with Gasteiger partial charge in [-0.3, -0.25) is 4.79 Å². The standard InChI is InChI=1S/C11H10F3NO2/c1-10(6-17-10)9(16)15-8-4-2-7(3-5-8)11(12,13)14/h2-5H,6H2,1H3,(H,15,16)/t10-/m0/s1. The molecule has 1 aromatic carbocycles. The van der Waals surface area contributed by atoms with Crippen LogP contribution in [0.5, 0.6) is 0 Å². The van der Waals surface area contributed by atoms with Crippen LogP contribution >= 0.6 is 0 Å². The van der Waals surface area contributed by atoms with Gasteiger partial charge in [0.05, 0.1) is 12.2 Å². The third kappa shape index (κ3) is 2.58. The summed E-state index contributed by atoms with van der Waals surface area (Å²) in [5, 5.41) is 2.49. The lowest BCUT2D eigenvalue weighted by atomic mass is 10.1. The highest BCUT2D eigenvalue weighted by Crippen LogP contribution is 2.31. The molecule has 0 saturated carbocycles. The Morgan fingerprint density at radius 2 is 1.88 bits per heavy atom. The van der Waals surface area contributed by atoms with Gasteiger partial charge in [-0.05, 0) is 31.2 Å². The number of epoxide rings is 1. The van der Waals surface area contributed by atoms with Crippen molar-refractivity contribution in [3.8, 4) is 0 Å². The van der Waals surface area contributed by atoms with E-state index in [-0.39, 0.29) is 5.91 Å². The molecule has 1 aromatic rings. The molecule has 1 N–H and O–H groups in total. The van der Waals surface area contributed by atoms with E-state index >= 15 is 0 Å². The Morgan fingerprint density at radius 3 is 2.29 bits per heavy atom. The Kier molecular flexibility index (Phi) is 2.61. The van der Waals surface area contributed by atoms with Gasteiger partial charge in [0.1, 0.15) is 0 Å². The number of hydrogen-bond acceptors (Lipinski definition) is 2. The van der Waals surface area contributed by atoms with E-state index in [2.05, 4.69) is 5.32 Å². The number of carbonyl (C=O) groups is 1. The summed E-state index contributed by atoms with van der Waals surface area (Å²) in [6.45, 7) is 1.95. The maximum atomic E-state index is 12.3. The zero-order valence-corrected chi connectivity index (χ0v) is 8.97. The summed E-state index contributed by atoms with van der Waals surface area (Å²) < 4.78 is 41.7. The topological polar surface area (TPSA) is 41.6 Å². The van der Waals surface area contributed by atoms with Gasteiger partial charge in [-0.2, -0.15) is 13.2 Å². The fraction of sp³-hybridized carbons (Fsp3) is 0.364. The Balaban J connectivity index is 2.06. The minimum Gasteiger partial charge on any atom is -0.359 e. The van der Waals surface area contributed by atoms with Gasteiger partial charge in [-0.15, -0.1) is 0 Å². The quantitative estimate of drug-likeness (QED) is 0.813. The summed E-state index contributed by atoms with van der Waals surface area (Å²) in [5.74, 6) is -0.350. The second-order valence-corrected chi connectivity index (χ2v) is 4.05. The molecule has 1 amide bonds. The monoisotopic (exact) mass is 245 g/mol. The normalized spacial score (nSPS) is 23.3. The van der Waals surface area contributed by atoms with Crippen molar-refractivity contribution < 1.29 is 22.7 Å². The fourth-order valence-corrected chi connectivity index (χ4v) is 1.25. The molecular formula is C11H10F3NO2. The van der Waals surface area contributed by atoms with E-state index in [1.54, 1.807) is 6.92 Å². The number of anilines is 1. The molecule has 1 aliphatic heterocycles. The van der Waals surface area contributed by atoms with Gasteiger partial charge in [0.25, 0.3) is 5.91 Å². The average Bonchev–Trinajstić information content (AvgIpc) is 2.97. The van der Waals surface area contributed by atoms with Crippen LogP contribution in [0.1, 0.15) is 12.5 Å². The van der Waals surface area contributed by atoms with Crippen molar-refractivity contribution in [1.82, 2.24) is 0 Å². The molecule has 1 atom stereocenters. The number of ether oxygens (including phenoxy) is 1. The smallest absolute Gasteiger partial charge is 0.359 e. The molecule has 1 fully saturated rings. The first-order chi connectivity index (χ1) is 7.81. The van der Waals surface area contributed by atoms with Crippen LogP contribution in [0.15, 0.2) is 24.3 Å². The minimum atomic E-state index is -4.37. The molecule has 3 nitrogen and oxygen atoms in total. The highest BCUT2D eigenvalue weighted by atomic mass is 19.4. The summed E-state index contributed by atoms with van der Waals surface area (Å²) >= 11 is 0. The van der Waals surface area contributed by atoms with Gasteiger partial charge < -0.3 is 10.1 Å². The Morgan fingerprint density at radius 1 is 1.35 bits per heavy atom. The van der Waals surface area contributed by atoms with Crippen LogP contribution in [0, 0.1) is 0 Å². The van der Waals surface area contributed by atoms with Crippen LogP contribution in [0.2, 0.25) is 0 Å². The van der Waals surface area contributed by atoms with Gasteiger partial charge in [0.2, 0.25) is 0 Å². The Labute approximate surface area is 95.6 Å². The number of nitrogens with one attached hydrogen (secondary N) is 1. The molecule has 0 aliphatic carbocycles. The first-order valence-corrected chi connectivity index (χ1v) is 4.94. The summed E-state index contributed by atoms with van der Waals surface area (Å²) in [6.07, 6.45) is -4.37. The molecule has 0 bridgehead atoms. The second kappa shape index (κ2) is 3.73. The molecule has 0 radical (unpaired) electrons. The minimum absolute atomic E-state index is 0.319. The molecule has 2 rings (SSSR count). The van der Waals surface area contributed by atoms with Crippen molar-refractivity contribution in [1.29, 1.82) is 0 Å².